The van der Waals surface area contributed by atoms with E-state index in [0.29, 0.717) is 6.29 Å². The lowest BCUT2D eigenvalue weighted by atomic mass is 10.3. The third kappa shape index (κ3) is 2.13. The van der Waals surface area contributed by atoms with Gasteiger partial charge in [-0.15, -0.1) is 0 Å². The first kappa shape index (κ1) is 9.85. The Morgan fingerprint density at radius 2 is 2.21 bits per heavy atom. The van der Waals surface area contributed by atoms with Crippen LogP contribution in [0.4, 0.5) is 5.82 Å². The summed E-state index contributed by atoms with van der Waals surface area (Å²) in [5, 5.41) is 19.4. The number of carbonyl (C=O) groups is 1. The molecule has 0 fully saturated rings. The number of carbonyl (C=O) groups excluding carboxylic acids is 1. The summed E-state index contributed by atoms with van der Waals surface area (Å²) in [5.74, 6) is -1.13. The van der Waals surface area contributed by atoms with Crippen molar-refractivity contribution >= 4 is 18.2 Å². The minimum Gasteiger partial charge on any atom is -0.501 e. The molecular weight excluding hydrogens is 188 g/mol. The van der Waals surface area contributed by atoms with E-state index in [0.717, 1.165) is 12.1 Å². The molecule has 0 bridgehead atoms. The van der Waals surface area contributed by atoms with Gasteiger partial charge in [-0.1, -0.05) is 0 Å². The Balaban J connectivity index is 3.12. The van der Waals surface area contributed by atoms with Crippen molar-refractivity contribution in [2.75, 3.05) is 0 Å². The summed E-state index contributed by atoms with van der Waals surface area (Å²) in [6.07, 6.45) is 2.99. The van der Waals surface area contributed by atoms with Gasteiger partial charge in [0.25, 0.3) is 0 Å². The maximum absolute atomic E-state index is 10.3. The number of aromatic hydroxyl groups is 1. The van der Waals surface area contributed by atoms with Crippen LogP contribution in [0.5, 0.6) is 5.75 Å². The van der Waals surface area contributed by atoms with E-state index >= 15 is 0 Å². The zero-order valence-electron chi connectivity index (χ0n) is 6.95. The van der Waals surface area contributed by atoms with E-state index in [2.05, 4.69) is 4.98 Å². The number of aromatic nitrogens is 1. The number of allylic oxidation sites excluding steroid dienone is 1. The van der Waals surface area contributed by atoms with Gasteiger partial charge >= 0.3 is 5.82 Å². The van der Waals surface area contributed by atoms with Crippen LogP contribution in [0.2, 0.25) is 0 Å². The lowest BCUT2D eigenvalue weighted by Crippen LogP contribution is -1.93. The third-order valence-electron chi connectivity index (χ3n) is 1.39. The van der Waals surface area contributed by atoms with Gasteiger partial charge in [0, 0.05) is 0 Å². The molecular formula is C8H6N2O4. The summed E-state index contributed by atoms with van der Waals surface area (Å²) in [6.45, 7) is 0. The van der Waals surface area contributed by atoms with Crippen molar-refractivity contribution in [3.8, 4) is 5.75 Å². The van der Waals surface area contributed by atoms with Gasteiger partial charge in [0.2, 0.25) is 5.75 Å². The number of pyridine rings is 1. The van der Waals surface area contributed by atoms with Gasteiger partial charge in [0.1, 0.15) is 6.29 Å². The van der Waals surface area contributed by atoms with Crippen LogP contribution in [0.15, 0.2) is 18.2 Å². The molecule has 0 spiro atoms. The number of nitro groups is 1. The Labute approximate surface area is 78.7 Å². The summed E-state index contributed by atoms with van der Waals surface area (Å²) in [5.41, 5.74) is 0.238. The van der Waals surface area contributed by atoms with Crippen LogP contribution in [0.25, 0.3) is 6.08 Å². The number of hydrogen-bond donors (Lipinski definition) is 1. The molecule has 14 heavy (non-hydrogen) atoms. The summed E-state index contributed by atoms with van der Waals surface area (Å²) >= 11 is 0. The smallest absolute Gasteiger partial charge is 0.406 e. The van der Waals surface area contributed by atoms with Crippen LogP contribution in [0.1, 0.15) is 5.69 Å². The third-order valence-corrected chi connectivity index (χ3v) is 1.39. The fourth-order valence-corrected chi connectivity index (χ4v) is 0.821. The van der Waals surface area contributed by atoms with Crippen molar-refractivity contribution in [2.24, 2.45) is 0 Å². The van der Waals surface area contributed by atoms with E-state index < -0.39 is 16.5 Å². The summed E-state index contributed by atoms with van der Waals surface area (Å²) < 4.78 is 0. The monoisotopic (exact) mass is 194 g/mol. The lowest BCUT2D eigenvalue weighted by Gasteiger charge is -1.94. The Kier molecular flexibility index (Phi) is 2.90. The lowest BCUT2D eigenvalue weighted by molar-refractivity contribution is -0.390. The largest absolute Gasteiger partial charge is 0.501 e. The zero-order chi connectivity index (χ0) is 10.6. The molecule has 1 heterocycles. The van der Waals surface area contributed by atoms with Gasteiger partial charge in [0.15, 0.2) is 5.69 Å². The fourth-order valence-electron chi connectivity index (χ4n) is 0.821. The maximum Gasteiger partial charge on any atom is 0.406 e. The predicted octanol–water partition coefficient (Wildman–Crippen LogP) is 0.907. The minimum atomic E-state index is -0.798. The average Bonchev–Trinajstić information content (AvgIpc) is 2.16. The molecule has 1 aromatic heterocycles. The second-order valence-corrected chi connectivity index (χ2v) is 2.33. The Morgan fingerprint density at radius 1 is 1.50 bits per heavy atom. The molecule has 0 atom stereocenters. The van der Waals surface area contributed by atoms with Crippen LogP contribution in [0.3, 0.4) is 0 Å². The molecule has 1 rings (SSSR count). The van der Waals surface area contributed by atoms with Crippen LogP contribution in [-0.2, 0) is 4.79 Å². The van der Waals surface area contributed by atoms with E-state index in [-0.39, 0.29) is 5.69 Å². The van der Waals surface area contributed by atoms with Gasteiger partial charge in [-0.05, 0) is 34.2 Å². The number of aldehydes is 1. The van der Waals surface area contributed by atoms with Crippen molar-refractivity contribution in [1.29, 1.82) is 0 Å². The zero-order valence-corrected chi connectivity index (χ0v) is 6.95. The van der Waals surface area contributed by atoms with Crippen molar-refractivity contribution in [3.05, 3.63) is 34.0 Å². The standard InChI is InChI=1S/C8H6N2O4/c11-5-1-2-6-3-4-7(12)8(9-6)10(13)14/h1-5,12H. The summed E-state index contributed by atoms with van der Waals surface area (Å²) in [6, 6.07) is 2.51. The molecule has 1 N–H and O–H groups in total. The second-order valence-electron chi connectivity index (χ2n) is 2.33. The first-order valence-corrected chi connectivity index (χ1v) is 3.61. The molecule has 6 nitrogen and oxygen atoms in total. The highest BCUT2D eigenvalue weighted by Crippen LogP contribution is 2.22. The van der Waals surface area contributed by atoms with Gasteiger partial charge in [-0.25, -0.2) is 0 Å². The average molecular weight is 194 g/mol. The summed E-state index contributed by atoms with van der Waals surface area (Å²) in [7, 11) is 0. The molecule has 0 aliphatic heterocycles. The number of hydrogen-bond acceptors (Lipinski definition) is 5. The molecule has 0 amide bonds. The predicted molar refractivity (Wildman–Crippen MR) is 47.7 cm³/mol. The Morgan fingerprint density at radius 3 is 2.79 bits per heavy atom. The molecule has 0 aliphatic carbocycles. The first-order valence-electron chi connectivity index (χ1n) is 3.61. The van der Waals surface area contributed by atoms with Crippen molar-refractivity contribution in [2.45, 2.75) is 0 Å². The number of nitrogens with zero attached hydrogens (tertiary/aromatic N) is 2. The maximum atomic E-state index is 10.3. The molecule has 0 aliphatic rings. The highest BCUT2D eigenvalue weighted by atomic mass is 16.6. The normalized spacial score (nSPS) is 10.3. The SMILES string of the molecule is O=CC=Cc1ccc(O)c([N+](=O)[O-])n1. The first-order chi connectivity index (χ1) is 6.65. The summed E-state index contributed by atoms with van der Waals surface area (Å²) in [4.78, 5) is 23.0. The highest BCUT2D eigenvalue weighted by molar-refractivity contribution is 5.73. The van der Waals surface area contributed by atoms with E-state index in [1.807, 2.05) is 0 Å². The van der Waals surface area contributed by atoms with Gasteiger partial charge in [-0.3, -0.25) is 4.79 Å². The van der Waals surface area contributed by atoms with E-state index in [4.69, 9.17) is 5.11 Å². The fraction of sp³-hybridized carbons (Fsp3) is 0. The van der Waals surface area contributed by atoms with Crippen molar-refractivity contribution < 1.29 is 14.8 Å². The Bertz CT molecular complexity index is 400. The van der Waals surface area contributed by atoms with E-state index in [1.165, 1.54) is 12.1 Å². The van der Waals surface area contributed by atoms with Gasteiger partial charge in [-0.2, -0.15) is 0 Å². The van der Waals surface area contributed by atoms with Crippen molar-refractivity contribution in [3.63, 3.8) is 0 Å². The molecule has 0 aromatic carbocycles. The molecule has 0 radical (unpaired) electrons. The minimum absolute atomic E-state index is 0.238. The highest BCUT2D eigenvalue weighted by Gasteiger charge is 2.15. The molecule has 72 valence electrons. The Hall–Kier alpha value is -2.24. The quantitative estimate of drug-likeness (QED) is 0.334. The number of rotatable bonds is 3. The van der Waals surface area contributed by atoms with Crippen molar-refractivity contribution in [1.82, 2.24) is 4.98 Å². The van der Waals surface area contributed by atoms with Crippen LogP contribution < -0.4 is 0 Å². The van der Waals surface area contributed by atoms with E-state index in [1.54, 1.807) is 0 Å². The van der Waals surface area contributed by atoms with Gasteiger partial charge < -0.3 is 15.2 Å². The van der Waals surface area contributed by atoms with Crippen LogP contribution in [0, 0.1) is 10.1 Å². The van der Waals surface area contributed by atoms with Gasteiger partial charge in [0.05, 0.1) is 0 Å². The molecule has 0 unspecified atom stereocenters. The molecule has 0 saturated carbocycles. The van der Waals surface area contributed by atoms with E-state index in [9.17, 15) is 14.9 Å². The topological polar surface area (TPSA) is 93.3 Å². The van der Waals surface area contributed by atoms with Crippen LogP contribution >= 0.6 is 0 Å². The second kappa shape index (κ2) is 4.13. The molecule has 0 saturated heterocycles. The molecule has 6 heteroatoms. The molecule has 1 aromatic rings. The van der Waals surface area contributed by atoms with Crippen LogP contribution in [-0.4, -0.2) is 21.3 Å².